The van der Waals surface area contributed by atoms with E-state index in [9.17, 15) is 18.4 Å². The molecule has 0 bridgehead atoms. The van der Waals surface area contributed by atoms with E-state index in [1.54, 1.807) is 18.2 Å². The summed E-state index contributed by atoms with van der Waals surface area (Å²) in [7, 11) is 2.87. The molecule has 0 saturated carbocycles. The zero-order valence-corrected chi connectivity index (χ0v) is 17.9. The molecule has 3 rings (SSSR count). The normalized spacial score (nSPS) is 10.9. The van der Waals surface area contributed by atoms with Gasteiger partial charge in [0.05, 0.1) is 14.2 Å². The third-order valence-electron chi connectivity index (χ3n) is 5.03. The minimum Gasteiger partial charge on any atom is -0.497 e. The Kier molecular flexibility index (Phi) is 7.29. The predicted octanol–water partition coefficient (Wildman–Crippen LogP) is 3.97. The fraction of sp³-hybridized carbons (Fsp3) is 0.304. The van der Waals surface area contributed by atoms with Gasteiger partial charge in [-0.05, 0) is 48.7 Å². The molecule has 0 fully saturated rings. The van der Waals surface area contributed by atoms with Crippen LogP contribution in [0.2, 0.25) is 0 Å². The van der Waals surface area contributed by atoms with Crippen molar-refractivity contribution in [3.63, 3.8) is 0 Å². The van der Waals surface area contributed by atoms with Gasteiger partial charge in [0.15, 0.2) is 11.5 Å². The zero-order valence-electron chi connectivity index (χ0n) is 17.9. The number of rotatable bonds is 9. The number of hydrogen-bond acceptors (Lipinski definition) is 6. The largest absolute Gasteiger partial charge is 0.497 e. The zero-order chi connectivity index (χ0) is 23.3. The molecule has 9 heteroatoms. The molecule has 0 saturated heterocycles. The summed E-state index contributed by atoms with van der Waals surface area (Å²) in [6.45, 7) is -0.989. The van der Waals surface area contributed by atoms with Crippen LogP contribution in [0, 0.1) is 6.92 Å². The lowest BCUT2D eigenvalue weighted by Gasteiger charge is -2.12. The fourth-order valence-electron chi connectivity index (χ4n) is 3.33. The Morgan fingerprint density at radius 1 is 1.09 bits per heavy atom. The van der Waals surface area contributed by atoms with Gasteiger partial charge in [0, 0.05) is 30.0 Å². The first-order valence-electron chi connectivity index (χ1n) is 9.81. The van der Waals surface area contributed by atoms with E-state index in [1.807, 2.05) is 13.0 Å². The van der Waals surface area contributed by atoms with E-state index in [2.05, 4.69) is 10.1 Å². The molecule has 0 unspecified atom stereocenters. The van der Waals surface area contributed by atoms with Crippen LogP contribution in [0.5, 0.6) is 17.2 Å². The van der Waals surface area contributed by atoms with Gasteiger partial charge in [-0.2, -0.15) is 8.78 Å². The highest BCUT2D eigenvalue weighted by atomic mass is 19.3. The number of nitrogens with one attached hydrogen (secondary N) is 1. The maximum Gasteiger partial charge on any atom is 0.387 e. The van der Waals surface area contributed by atoms with Crippen LogP contribution in [0.1, 0.15) is 23.1 Å². The molecule has 1 N–H and O–H groups in total. The van der Waals surface area contributed by atoms with E-state index < -0.39 is 12.2 Å². The van der Waals surface area contributed by atoms with E-state index in [0.29, 0.717) is 22.5 Å². The van der Waals surface area contributed by atoms with Crippen LogP contribution in [0.15, 0.2) is 45.6 Å². The van der Waals surface area contributed by atoms with E-state index in [1.165, 1.54) is 26.4 Å². The summed E-state index contributed by atoms with van der Waals surface area (Å²) in [6.07, 6.45) is 0.295. The van der Waals surface area contributed by atoms with E-state index >= 15 is 0 Å². The standard InChI is InChI=1S/C23H23F2NO6/c1-13-16-6-5-15(29-2)11-19(16)31-22(28)17(13)7-9-21(27)26-12-14-4-8-18(32-23(24)25)20(10-14)30-3/h4-6,8,10-11,23H,7,9,12H2,1-3H3,(H,26,27). The van der Waals surface area contributed by atoms with Crippen LogP contribution in [0.25, 0.3) is 11.0 Å². The molecule has 3 aromatic rings. The van der Waals surface area contributed by atoms with Crippen molar-refractivity contribution in [1.82, 2.24) is 5.32 Å². The third-order valence-corrected chi connectivity index (χ3v) is 5.03. The van der Waals surface area contributed by atoms with E-state index in [-0.39, 0.29) is 36.8 Å². The second kappa shape index (κ2) is 10.1. The molecule has 1 amide bonds. The average molecular weight is 447 g/mol. The molecule has 0 aliphatic rings. The number of carbonyl (C=O) groups is 1. The van der Waals surface area contributed by atoms with Crippen molar-refractivity contribution >= 4 is 16.9 Å². The average Bonchev–Trinajstić information content (AvgIpc) is 2.77. The van der Waals surface area contributed by atoms with Crippen LogP contribution >= 0.6 is 0 Å². The highest BCUT2D eigenvalue weighted by Crippen LogP contribution is 2.29. The summed E-state index contributed by atoms with van der Waals surface area (Å²) < 4.78 is 44.8. The molecule has 7 nitrogen and oxygen atoms in total. The Bertz CT molecular complexity index is 1180. The third kappa shape index (κ3) is 5.35. The first-order chi connectivity index (χ1) is 15.3. The van der Waals surface area contributed by atoms with Crippen LogP contribution in [-0.4, -0.2) is 26.7 Å². The van der Waals surface area contributed by atoms with Crippen molar-refractivity contribution in [2.45, 2.75) is 32.9 Å². The van der Waals surface area contributed by atoms with Crippen LogP contribution in [-0.2, 0) is 17.8 Å². The van der Waals surface area contributed by atoms with Gasteiger partial charge >= 0.3 is 12.2 Å². The number of carbonyl (C=O) groups excluding carboxylic acids is 1. The second-order valence-electron chi connectivity index (χ2n) is 7.00. The number of fused-ring (bicyclic) bond motifs is 1. The second-order valence-corrected chi connectivity index (χ2v) is 7.00. The van der Waals surface area contributed by atoms with Gasteiger partial charge in [-0.25, -0.2) is 4.79 Å². The van der Waals surface area contributed by atoms with Gasteiger partial charge in [-0.1, -0.05) is 6.07 Å². The molecule has 0 aliphatic heterocycles. The maximum atomic E-state index is 12.4. The van der Waals surface area contributed by atoms with Gasteiger partial charge < -0.3 is 23.9 Å². The summed E-state index contributed by atoms with van der Waals surface area (Å²) in [4.78, 5) is 24.7. The summed E-state index contributed by atoms with van der Waals surface area (Å²) >= 11 is 0. The Morgan fingerprint density at radius 2 is 1.88 bits per heavy atom. The minimum absolute atomic E-state index is 0.0803. The molecule has 1 aromatic heterocycles. The predicted molar refractivity (Wildman–Crippen MR) is 114 cm³/mol. The maximum absolute atomic E-state index is 12.4. The minimum atomic E-state index is -2.97. The van der Waals surface area contributed by atoms with Crippen LogP contribution in [0.4, 0.5) is 8.78 Å². The van der Waals surface area contributed by atoms with E-state index in [4.69, 9.17) is 13.9 Å². The molecule has 2 aromatic carbocycles. The molecule has 1 heterocycles. The van der Waals surface area contributed by atoms with Crippen molar-refractivity contribution in [2.24, 2.45) is 0 Å². The molecule has 0 radical (unpaired) electrons. The summed E-state index contributed by atoms with van der Waals surface area (Å²) in [5.41, 5.74) is 1.77. The quantitative estimate of drug-likeness (QED) is 0.500. The first-order valence-corrected chi connectivity index (χ1v) is 9.81. The summed E-state index contributed by atoms with van der Waals surface area (Å²) in [5.74, 6) is 0.356. The first kappa shape index (κ1) is 23.1. The Balaban J connectivity index is 1.64. The Labute approximate surface area is 182 Å². The number of aryl methyl sites for hydroxylation is 1. The molecular formula is C23H23F2NO6. The van der Waals surface area contributed by atoms with Crippen molar-refractivity contribution < 1.29 is 32.2 Å². The Morgan fingerprint density at radius 3 is 2.56 bits per heavy atom. The lowest BCUT2D eigenvalue weighted by Crippen LogP contribution is -2.24. The number of hydrogen-bond donors (Lipinski definition) is 1. The van der Waals surface area contributed by atoms with Gasteiger partial charge in [-0.3, -0.25) is 4.79 Å². The summed E-state index contributed by atoms with van der Waals surface area (Å²) in [5, 5.41) is 3.52. The molecule has 0 aliphatic carbocycles. The lowest BCUT2D eigenvalue weighted by atomic mass is 10.0. The van der Waals surface area contributed by atoms with Crippen molar-refractivity contribution in [3.8, 4) is 17.2 Å². The topological polar surface area (TPSA) is 87.0 Å². The molecule has 0 spiro atoms. The lowest BCUT2D eigenvalue weighted by molar-refractivity contribution is -0.121. The number of alkyl halides is 2. The van der Waals surface area contributed by atoms with Crippen molar-refractivity contribution in [1.29, 1.82) is 0 Å². The smallest absolute Gasteiger partial charge is 0.387 e. The monoisotopic (exact) mass is 447 g/mol. The molecule has 170 valence electrons. The van der Waals surface area contributed by atoms with Gasteiger partial charge in [0.25, 0.3) is 0 Å². The highest BCUT2D eigenvalue weighted by Gasteiger charge is 2.15. The number of methoxy groups -OCH3 is 2. The number of halogens is 2. The summed E-state index contributed by atoms with van der Waals surface area (Å²) in [6, 6.07) is 9.64. The van der Waals surface area contributed by atoms with Gasteiger partial charge in [0.1, 0.15) is 11.3 Å². The van der Waals surface area contributed by atoms with Crippen molar-refractivity contribution in [3.05, 3.63) is 63.5 Å². The number of amides is 1. The van der Waals surface area contributed by atoms with Gasteiger partial charge in [0.2, 0.25) is 5.91 Å². The van der Waals surface area contributed by atoms with Crippen LogP contribution < -0.4 is 25.2 Å². The molecular weight excluding hydrogens is 424 g/mol. The van der Waals surface area contributed by atoms with Gasteiger partial charge in [-0.15, -0.1) is 0 Å². The van der Waals surface area contributed by atoms with Crippen molar-refractivity contribution in [2.75, 3.05) is 14.2 Å². The number of benzene rings is 2. The fourth-order valence-corrected chi connectivity index (χ4v) is 3.33. The van der Waals surface area contributed by atoms with E-state index in [0.717, 1.165) is 10.9 Å². The Hall–Kier alpha value is -3.62. The highest BCUT2D eigenvalue weighted by molar-refractivity contribution is 5.82. The number of ether oxygens (including phenoxy) is 3. The SMILES string of the molecule is COc1ccc2c(C)c(CCC(=O)NCc3ccc(OC(F)F)c(OC)c3)c(=O)oc2c1. The van der Waals surface area contributed by atoms with Crippen LogP contribution in [0.3, 0.4) is 0 Å². The molecule has 0 atom stereocenters. The molecule has 32 heavy (non-hydrogen) atoms.